The van der Waals surface area contributed by atoms with Crippen molar-refractivity contribution < 1.29 is 40.2 Å². The molecule has 51 heavy (non-hydrogen) atoms. The molecule has 0 unspecified atom stereocenters. The van der Waals surface area contributed by atoms with Gasteiger partial charge in [0.05, 0.1) is 16.8 Å². The van der Waals surface area contributed by atoms with E-state index in [0.717, 1.165) is 0 Å². The van der Waals surface area contributed by atoms with Crippen molar-refractivity contribution >= 4 is 66.1 Å². The van der Waals surface area contributed by atoms with Gasteiger partial charge in [-0.25, -0.2) is 0 Å². The van der Waals surface area contributed by atoms with Crippen molar-refractivity contribution in [3.8, 4) is 45.6 Å². The Morgan fingerprint density at radius 2 is 1.27 bits per heavy atom. The molecule has 0 fully saturated rings. The summed E-state index contributed by atoms with van der Waals surface area (Å²) in [5, 5.41) is 75.3. The molecule has 5 rings (SSSR count). The summed E-state index contributed by atoms with van der Waals surface area (Å²) in [6.45, 7) is 16.2. The number of halogens is 1. The minimum atomic E-state index is -0.672. The van der Waals surface area contributed by atoms with Crippen LogP contribution >= 0.6 is 22.6 Å². The molecular formula is C40H39IN2O8. The smallest absolute Gasteiger partial charge is 0.281 e. The molecule has 10 nitrogen and oxygen atoms in total. The van der Waals surface area contributed by atoms with Gasteiger partial charge in [0, 0.05) is 38.6 Å². The topological polar surface area (TPSA) is 171 Å². The van der Waals surface area contributed by atoms with E-state index in [2.05, 4.69) is 11.7 Å². The van der Waals surface area contributed by atoms with E-state index in [-0.39, 0.29) is 59.9 Å². The van der Waals surface area contributed by atoms with Gasteiger partial charge >= 0.3 is 0 Å². The average Bonchev–Trinajstić information content (AvgIpc) is 3.33. The van der Waals surface area contributed by atoms with E-state index in [1.807, 2.05) is 36.4 Å². The molecule has 6 N–H and O–H groups in total. The molecule has 0 atom stereocenters. The van der Waals surface area contributed by atoms with Crippen LogP contribution in [0.4, 0.5) is 0 Å². The maximum Gasteiger partial charge on any atom is 0.281 e. The first-order chi connectivity index (χ1) is 24.0. The van der Waals surface area contributed by atoms with Crippen LogP contribution in [0.2, 0.25) is 0 Å². The normalized spacial score (nSPS) is 14.7. The Balaban J connectivity index is 1.93. The number of carbonyl (C=O) groups is 2. The van der Waals surface area contributed by atoms with Gasteiger partial charge in [-0.2, -0.15) is 10.1 Å². The highest BCUT2D eigenvalue weighted by atomic mass is 127. The molecule has 1 amide bonds. The first-order valence-corrected chi connectivity index (χ1v) is 17.3. The van der Waals surface area contributed by atoms with Crippen LogP contribution in [-0.2, 0) is 4.79 Å². The molecule has 0 saturated carbocycles. The summed E-state index contributed by atoms with van der Waals surface area (Å²) in [5.41, 5.74) is 2.09. The fourth-order valence-electron chi connectivity index (χ4n) is 6.95. The molecule has 1 aliphatic heterocycles. The van der Waals surface area contributed by atoms with Crippen molar-refractivity contribution in [2.45, 2.75) is 60.3 Å². The van der Waals surface area contributed by atoms with Crippen LogP contribution in [0.25, 0.3) is 38.7 Å². The van der Waals surface area contributed by atoms with Gasteiger partial charge in [-0.3, -0.25) is 9.59 Å². The third-order valence-electron chi connectivity index (χ3n) is 9.10. The zero-order chi connectivity index (χ0) is 37.8. The van der Waals surface area contributed by atoms with Crippen molar-refractivity contribution in [2.24, 2.45) is 5.10 Å². The Hall–Kier alpha value is -5.30. The predicted molar refractivity (Wildman–Crippen MR) is 209 cm³/mol. The molecule has 0 saturated heterocycles. The zero-order valence-corrected chi connectivity index (χ0v) is 31.4. The van der Waals surface area contributed by atoms with E-state index < -0.39 is 34.7 Å². The number of nitrogens with zero attached hydrogens (tertiary/aromatic N) is 2. The number of aryl methyl sites for hydroxylation is 2. The largest absolute Gasteiger partial charge is 0.507 e. The SMILES string of the molecule is C=C/C=C(\C=C/C)N1N=C(I)/C(=C/c2c(O)c(O)c(C(C)C)c3cc(C)c(-c4c(C)cc5c(C(C)C)c(O)c(O)c(C=O)c5c4O)c(O)c23)C1=O. The molecule has 0 aromatic heterocycles. The molecule has 11 heteroatoms. The summed E-state index contributed by atoms with van der Waals surface area (Å²) in [5.74, 6) is -4.05. The number of rotatable bonds is 8. The molecule has 264 valence electrons. The number of aromatic hydroxyl groups is 6. The van der Waals surface area contributed by atoms with Crippen LogP contribution in [0.15, 0.2) is 59.4 Å². The molecule has 0 spiro atoms. The first-order valence-electron chi connectivity index (χ1n) is 16.2. The average molecular weight is 803 g/mol. The second kappa shape index (κ2) is 13.8. The second-order valence-electron chi connectivity index (χ2n) is 13.0. The van der Waals surface area contributed by atoms with E-state index in [9.17, 15) is 40.2 Å². The number of hydrogen-bond donors (Lipinski definition) is 6. The van der Waals surface area contributed by atoms with Gasteiger partial charge in [0.15, 0.2) is 29.3 Å². The van der Waals surface area contributed by atoms with Crippen LogP contribution in [-0.4, -0.2) is 51.6 Å². The molecular weight excluding hydrogens is 763 g/mol. The van der Waals surface area contributed by atoms with Crippen LogP contribution in [0.1, 0.15) is 84.6 Å². The van der Waals surface area contributed by atoms with Crippen molar-refractivity contribution in [3.05, 3.63) is 87.7 Å². The number of benzene rings is 4. The number of hydrazone groups is 1. The van der Waals surface area contributed by atoms with Gasteiger partial charge in [0.2, 0.25) is 0 Å². The van der Waals surface area contributed by atoms with Gasteiger partial charge < -0.3 is 30.6 Å². The highest BCUT2D eigenvalue weighted by Gasteiger charge is 2.33. The van der Waals surface area contributed by atoms with E-state index in [1.165, 1.54) is 17.2 Å². The molecule has 0 aliphatic carbocycles. The number of carbonyl (C=O) groups excluding carboxylic acids is 2. The van der Waals surface area contributed by atoms with Gasteiger partial charge in [0.25, 0.3) is 5.91 Å². The minimum absolute atomic E-state index is 0.00539. The van der Waals surface area contributed by atoms with Crippen LogP contribution in [0.3, 0.4) is 0 Å². The maximum absolute atomic E-state index is 13.8. The van der Waals surface area contributed by atoms with E-state index >= 15 is 0 Å². The Kier molecular flexibility index (Phi) is 9.99. The lowest BCUT2D eigenvalue weighted by molar-refractivity contribution is -0.123. The fraction of sp³-hybridized carbons (Fsp3) is 0.225. The van der Waals surface area contributed by atoms with Crippen molar-refractivity contribution in [3.63, 3.8) is 0 Å². The molecule has 1 heterocycles. The first kappa shape index (κ1) is 37.0. The molecule has 4 aromatic carbocycles. The molecule has 1 aliphatic rings. The highest BCUT2D eigenvalue weighted by Crippen LogP contribution is 2.55. The Bertz CT molecular complexity index is 2330. The number of fused-ring (bicyclic) bond motifs is 2. The standard InChI is InChI=1S/C40H39IN2O8/c1-9-11-21(12-10-2)43-40(51)25(39(41)42-43)15-24-31-22(27(17(3)4)37(49)33(24)45)13-19(7)29(35(31)47)30-20(8)14-23-28(18(5)6)38(50)34(46)26(16-44)32(23)36(30)48/h9-18,45-50H,1H2,2-8H3/b12-10-,21-11+,25-15-. The molecule has 0 radical (unpaired) electrons. The van der Waals surface area contributed by atoms with Crippen LogP contribution < -0.4 is 0 Å². The summed E-state index contributed by atoms with van der Waals surface area (Å²) in [6.07, 6.45) is 8.28. The predicted octanol–water partition coefficient (Wildman–Crippen LogP) is 9.19. The zero-order valence-electron chi connectivity index (χ0n) is 29.3. The monoisotopic (exact) mass is 802 g/mol. The lowest BCUT2D eigenvalue weighted by atomic mass is 9.83. The highest BCUT2D eigenvalue weighted by molar-refractivity contribution is 14.1. The van der Waals surface area contributed by atoms with Gasteiger partial charge in [0.1, 0.15) is 15.2 Å². The number of amides is 1. The third kappa shape index (κ3) is 5.78. The lowest BCUT2D eigenvalue weighted by Crippen LogP contribution is -2.20. The Labute approximate surface area is 308 Å². The number of hydrogen-bond acceptors (Lipinski definition) is 9. The van der Waals surface area contributed by atoms with Gasteiger partial charge in [-0.05, 0) is 95.3 Å². The summed E-state index contributed by atoms with van der Waals surface area (Å²) in [7, 11) is 0. The molecule has 4 aromatic rings. The number of aldehydes is 1. The summed E-state index contributed by atoms with van der Waals surface area (Å²) < 4.78 is 0.289. The van der Waals surface area contributed by atoms with Crippen LogP contribution in [0, 0.1) is 13.8 Å². The quantitative estimate of drug-likeness (QED) is 0.0337. The van der Waals surface area contributed by atoms with Crippen molar-refractivity contribution in [1.82, 2.24) is 5.01 Å². The number of allylic oxidation sites excluding steroid dienone is 4. The van der Waals surface area contributed by atoms with E-state index in [1.54, 1.807) is 65.0 Å². The Morgan fingerprint density at radius 1 is 0.804 bits per heavy atom. The van der Waals surface area contributed by atoms with Gasteiger partial charge in [-0.1, -0.05) is 58.6 Å². The minimum Gasteiger partial charge on any atom is -0.507 e. The summed E-state index contributed by atoms with van der Waals surface area (Å²) in [4.78, 5) is 26.1. The Morgan fingerprint density at radius 3 is 1.71 bits per heavy atom. The lowest BCUT2D eigenvalue weighted by Gasteiger charge is -2.23. The molecule has 0 bridgehead atoms. The fourth-order valence-corrected chi connectivity index (χ4v) is 7.55. The maximum atomic E-state index is 13.8. The second-order valence-corrected chi connectivity index (χ2v) is 14.1. The summed E-state index contributed by atoms with van der Waals surface area (Å²) >= 11 is 1.90. The van der Waals surface area contributed by atoms with Crippen LogP contribution in [0.5, 0.6) is 34.5 Å². The third-order valence-corrected chi connectivity index (χ3v) is 9.90. The van der Waals surface area contributed by atoms with Crippen molar-refractivity contribution in [1.29, 1.82) is 0 Å². The van der Waals surface area contributed by atoms with E-state index in [4.69, 9.17) is 0 Å². The van der Waals surface area contributed by atoms with E-state index in [0.29, 0.717) is 45.0 Å². The summed E-state index contributed by atoms with van der Waals surface area (Å²) in [6, 6.07) is 3.40. The number of phenols is 6. The number of phenolic OH excluding ortho intramolecular Hbond substituents is 6. The van der Waals surface area contributed by atoms with Crippen molar-refractivity contribution in [2.75, 3.05) is 0 Å². The van der Waals surface area contributed by atoms with Gasteiger partial charge in [-0.15, -0.1) is 0 Å².